The van der Waals surface area contributed by atoms with Crippen LogP contribution in [0.1, 0.15) is 25.3 Å². The third kappa shape index (κ3) is 3.69. The van der Waals surface area contributed by atoms with Gasteiger partial charge in [0.15, 0.2) is 0 Å². The molecule has 5 heteroatoms. The molecule has 0 fully saturated rings. The van der Waals surface area contributed by atoms with Gasteiger partial charge in [-0.25, -0.2) is 9.97 Å². The Labute approximate surface area is 118 Å². The number of nitrogens with one attached hydrogen (secondary N) is 2. The fraction of sp³-hybridized carbons (Fsp3) is 0.267. The SMILES string of the molecule is CC(C)c1ccc(Nc2cc(NCC#N)ncn2)cc1. The minimum Gasteiger partial charge on any atom is -0.357 e. The van der Waals surface area contributed by atoms with E-state index in [1.165, 1.54) is 11.9 Å². The first-order valence-corrected chi connectivity index (χ1v) is 6.49. The van der Waals surface area contributed by atoms with E-state index < -0.39 is 0 Å². The largest absolute Gasteiger partial charge is 0.357 e. The highest BCUT2D eigenvalue weighted by Gasteiger charge is 2.01. The Balaban J connectivity index is 2.07. The Kier molecular flexibility index (Phi) is 4.51. The topological polar surface area (TPSA) is 73.6 Å². The smallest absolute Gasteiger partial charge is 0.135 e. The summed E-state index contributed by atoms with van der Waals surface area (Å²) < 4.78 is 0. The molecule has 0 saturated heterocycles. The Morgan fingerprint density at radius 3 is 2.50 bits per heavy atom. The second kappa shape index (κ2) is 6.53. The van der Waals surface area contributed by atoms with Crippen LogP contribution in [-0.4, -0.2) is 16.5 Å². The van der Waals surface area contributed by atoms with Crippen molar-refractivity contribution in [2.45, 2.75) is 19.8 Å². The van der Waals surface area contributed by atoms with Gasteiger partial charge in [-0.3, -0.25) is 0 Å². The van der Waals surface area contributed by atoms with Crippen LogP contribution in [0.2, 0.25) is 0 Å². The number of rotatable bonds is 5. The average Bonchev–Trinajstić information content (AvgIpc) is 2.46. The number of hydrogen-bond acceptors (Lipinski definition) is 5. The first-order valence-electron chi connectivity index (χ1n) is 6.49. The Morgan fingerprint density at radius 2 is 1.85 bits per heavy atom. The van der Waals surface area contributed by atoms with Crippen LogP contribution in [0.25, 0.3) is 0 Å². The molecule has 20 heavy (non-hydrogen) atoms. The summed E-state index contributed by atoms with van der Waals surface area (Å²) in [6.45, 7) is 4.56. The third-order valence-electron chi connectivity index (χ3n) is 2.87. The van der Waals surface area contributed by atoms with Gasteiger partial charge < -0.3 is 10.6 Å². The van der Waals surface area contributed by atoms with Crippen LogP contribution in [0.15, 0.2) is 36.7 Å². The molecule has 102 valence electrons. The van der Waals surface area contributed by atoms with E-state index in [1.54, 1.807) is 6.07 Å². The summed E-state index contributed by atoms with van der Waals surface area (Å²) in [4.78, 5) is 8.20. The third-order valence-corrected chi connectivity index (χ3v) is 2.87. The van der Waals surface area contributed by atoms with Crippen LogP contribution in [0.3, 0.4) is 0 Å². The normalized spacial score (nSPS) is 10.1. The molecule has 0 unspecified atom stereocenters. The van der Waals surface area contributed by atoms with Crippen LogP contribution < -0.4 is 10.6 Å². The van der Waals surface area contributed by atoms with E-state index in [4.69, 9.17) is 5.26 Å². The summed E-state index contributed by atoms with van der Waals surface area (Å²) >= 11 is 0. The molecule has 0 aliphatic heterocycles. The summed E-state index contributed by atoms with van der Waals surface area (Å²) in [6, 6.07) is 12.0. The van der Waals surface area contributed by atoms with E-state index in [2.05, 4.69) is 46.6 Å². The fourth-order valence-electron chi connectivity index (χ4n) is 1.75. The summed E-state index contributed by atoms with van der Waals surface area (Å²) in [7, 11) is 0. The lowest BCUT2D eigenvalue weighted by molar-refractivity contribution is 0.867. The van der Waals surface area contributed by atoms with E-state index in [0.29, 0.717) is 17.6 Å². The molecule has 0 aliphatic rings. The van der Waals surface area contributed by atoms with Gasteiger partial charge >= 0.3 is 0 Å². The van der Waals surface area contributed by atoms with Crippen LogP contribution in [0.4, 0.5) is 17.3 Å². The average molecular weight is 267 g/mol. The number of anilines is 3. The molecule has 5 nitrogen and oxygen atoms in total. The number of aromatic nitrogens is 2. The van der Waals surface area contributed by atoms with Gasteiger partial charge in [0.1, 0.15) is 24.5 Å². The van der Waals surface area contributed by atoms with Crippen molar-refractivity contribution in [3.8, 4) is 6.07 Å². The van der Waals surface area contributed by atoms with Gasteiger partial charge in [-0.1, -0.05) is 26.0 Å². The van der Waals surface area contributed by atoms with Gasteiger partial charge in [0.2, 0.25) is 0 Å². The van der Waals surface area contributed by atoms with Crippen molar-refractivity contribution < 1.29 is 0 Å². The summed E-state index contributed by atoms with van der Waals surface area (Å²) in [5.74, 6) is 1.84. The molecule has 2 rings (SSSR count). The molecule has 2 N–H and O–H groups in total. The van der Waals surface area contributed by atoms with Crippen molar-refractivity contribution in [1.29, 1.82) is 5.26 Å². The zero-order chi connectivity index (χ0) is 14.4. The molecule has 0 atom stereocenters. The van der Waals surface area contributed by atoms with Crippen LogP contribution in [0, 0.1) is 11.3 Å². The summed E-state index contributed by atoms with van der Waals surface area (Å²) in [5.41, 5.74) is 2.27. The van der Waals surface area contributed by atoms with Gasteiger partial charge in [-0.05, 0) is 23.6 Å². The summed E-state index contributed by atoms with van der Waals surface area (Å²) in [5, 5.41) is 14.6. The molecule has 0 amide bonds. The minimum absolute atomic E-state index is 0.222. The van der Waals surface area contributed by atoms with Gasteiger partial charge in [0.25, 0.3) is 0 Å². The lowest BCUT2D eigenvalue weighted by Gasteiger charge is -2.09. The molecular weight excluding hydrogens is 250 g/mol. The van der Waals surface area contributed by atoms with Gasteiger partial charge in [0, 0.05) is 11.8 Å². The maximum Gasteiger partial charge on any atom is 0.135 e. The molecule has 1 aromatic heterocycles. The van der Waals surface area contributed by atoms with Crippen molar-refractivity contribution >= 4 is 17.3 Å². The maximum absolute atomic E-state index is 8.53. The van der Waals surface area contributed by atoms with Crippen molar-refractivity contribution in [3.05, 3.63) is 42.2 Å². The van der Waals surface area contributed by atoms with E-state index in [9.17, 15) is 0 Å². The lowest BCUT2D eigenvalue weighted by atomic mass is 10.0. The molecule has 2 aromatic rings. The van der Waals surface area contributed by atoms with Crippen LogP contribution in [-0.2, 0) is 0 Å². The second-order valence-electron chi connectivity index (χ2n) is 4.70. The molecule has 0 aliphatic carbocycles. The minimum atomic E-state index is 0.222. The van der Waals surface area contributed by atoms with Gasteiger partial charge in [0.05, 0.1) is 6.07 Å². The first-order chi connectivity index (χ1) is 9.69. The molecular formula is C15H17N5. The van der Waals surface area contributed by atoms with Crippen molar-refractivity contribution in [3.63, 3.8) is 0 Å². The van der Waals surface area contributed by atoms with Crippen molar-refractivity contribution in [2.24, 2.45) is 0 Å². The Hall–Kier alpha value is -2.61. The van der Waals surface area contributed by atoms with Crippen molar-refractivity contribution in [1.82, 2.24) is 9.97 Å². The predicted octanol–water partition coefficient (Wildman–Crippen LogP) is 3.28. The number of benzene rings is 1. The number of nitriles is 1. The molecule has 1 heterocycles. The number of nitrogens with zero attached hydrogens (tertiary/aromatic N) is 3. The quantitative estimate of drug-likeness (QED) is 0.813. The molecule has 0 radical (unpaired) electrons. The molecule has 0 saturated carbocycles. The summed E-state index contributed by atoms with van der Waals surface area (Å²) in [6.07, 6.45) is 1.46. The van der Waals surface area contributed by atoms with E-state index in [1.807, 2.05) is 18.2 Å². The highest BCUT2D eigenvalue weighted by Crippen LogP contribution is 2.20. The van der Waals surface area contributed by atoms with E-state index >= 15 is 0 Å². The van der Waals surface area contributed by atoms with Crippen molar-refractivity contribution in [2.75, 3.05) is 17.2 Å². The predicted molar refractivity (Wildman–Crippen MR) is 79.9 cm³/mol. The highest BCUT2D eigenvalue weighted by atomic mass is 15.1. The Bertz CT molecular complexity index is 598. The van der Waals surface area contributed by atoms with E-state index in [-0.39, 0.29) is 6.54 Å². The van der Waals surface area contributed by atoms with Crippen LogP contribution in [0.5, 0.6) is 0 Å². The zero-order valence-corrected chi connectivity index (χ0v) is 11.6. The molecule has 0 spiro atoms. The standard InChI is InChI=1S/C15H17N5/c1-11(2)12-3-5-13(6-4-12)20-15-9-14(17-8-7-16)18-10-19-15/h3-6,9-11H,8H2,1-2H3,(H2,17,18,19,20). The fourth-order valence-corrected chi connectivity index (χ4v) is 1.75. The Morgan fingerprint density at radius 1 is 1.15 bits per heavy atom. The number of hydrogen-bond donors (Lipinski definition) is 2. The molecule has 1 aromatic carbocycles. The zero-order valence-electron chi connectivity index (χ0n) is 11.6. The van der Waals surface area contributed by atoms with Gasteiger partial charge in [-0.2, -0.15) is 5.26 Å². The maximum atomic E-state index is 8.53. The second-order valence-corrected chi connectivity index (χ2v) is 4.70. The van der Waals surface area contributed by atoms with Gasteiger partial charge in [-0.15, -0.1) is 0 Å². The lowest BCUT2D eigenvalue weighted by Crippen LogP contribution is -2.02. The van der Waals surface area contributed by atoms with Crippen LogP contribution >= 0.6 is 0 Å². The first kappa shape index (κ1) is 13.8. The monoisotopic (exact) mass is 267 g/mol. The van der Waals surface area contributed by atoms with E-state index in [0.717, 1.165) is 5.69 Å². The molecule has 0 bridgehead atoms. The highest BCUT2D eigenvalue weighted by molar-refractivity contribution is 5.59.